The first-order valence-electron chi connectivity index (χ1n) is 16.1. The highest BCUT2D eigenvalue weighted by Crippen LogP contribution is 2.37. The van der Waals surface area contributed by atoms with Crippen LogP contribution in [-0.2, 0) is 25.5 Å². The number of hydrogen-bond donors (Lipinski definition) is 1. The van der Waals surface area contributed by atoms with E-state index >= 15 is 0 Å². The Bertz CT molecular complexity index is 2210. The highest BCUT2D eigenvalue weighted by atomic mass is 127. The number of aromatic nitrogens is 4. The van der Waals surface area contributed by atoms with Crippen LogP contribution in [0, 0.1) is 3.57 Å². The van der Waals surface area contributed by atoms with E-state index in [1.165, 1.54) is 10.9 Å². The first-order chi connectivity index (χ1) is 25.3. The Morgan fingerprint density at radius 1 is 0.769 bits per heavy atom. The van der Waals surface area contributed by atoms with Crippen molar-refractivity contribution in [2.24, 2.45) is 0 Å². The van der Waals surface area contributed by atoms with E-state index in [9.17, 15) is 14.4 Å². The SMILES string of the molecule is O=C(OCC1OC(n2cnc3c(NCc4cccc(I)c4)nc(Cl)nc32)C(OC(=O)c2ccccc2)C1OC(=O)c1ccccc1)c1ccccc1. The van der Waals surface area contributed by atoms with Gasteiger partial charge in [0.15, 0.2) is 35.4 Å². The van der Waals surface area contributed by atoms with Crippen molar-refractivity contribution in [1.29, 1.82) is 0 Å². The number of carbonyl (C=O) groups is 3. The van der Waals surface area contributed by atoms with Gasteiger partial charge in [0.1, 0.15) is 12.7 Å². The van der Waals surface area contributed by atoms with Crippen LogP contribution < -0.4 is 5.32 Å². The maximum absolute atomic E-state index is 13.6. The van der Waals surface area contributed by atoms with Crippen LogP contribution >= 0.6 is 34.2 Å². The molecule has 1 fully saturated rings. The maximum atomic E-state index is 13.6. The van der Waals surface area contributed by atoms with Gasteiger partial charge < -0.3 is 24.3 Å². The minimum absolute atomic E-state index is 0.0735. The molecule has 3 heterocycles. The van der Waals surface area contributed by atoms with Crippen LogP contribution in [0.1, 0.15) is 42.9 Å². The standard InChI is InChI=1S/C38H29ClIN5O7/c39-38-43-32(41-20-23-11-10-18-27(40)19-23)29-33(44-38)45(22-42-29)34-31(52-37(48)26-16-8-3-9-17-26)30(51-36(47)25-14-6-2-7-15-25)28(50-34)21-49-35(46)24-12-4-1-5-13-24/h1-19,22,28,30-31,34H,20-21H2,(H,41,43,44). The predicted molar refractivity (Wildman–Crippen MR) is 199 cm³/mol. The number of nitrogens with zero attached hydrogens (tertiary/aromatic N) is 4. The molecule has 1 N–H and O–H groups in total. The van der Waals surface area contributed by atoms with Crippen molar-refractivity contribution in [1.82, 2.24) is 19.5 Å². The average molecular weight is 830 g/mol. The van der Waals surface area contributed by atoms with E-state index in [4.69, 9.17) is 30.5 Å². The predicted octanol–water partition coefficient (Wildman–Crippen LogP) is 6.90. The Morgan fingerprint density at radius 3 is 1.98 bits per heavy atom. The van der Waals surface area contributed by atoms with Gasteiger partial charge in [-0.2, -0.15) is 9.97 Å². The van der Waals surface area contributed by atoms with Gasteiger partial charge in [0.05, 0.1) is 23.0 Å². The van der Waals surface area contributed by atoms with Crippen molar-refractivity contribution in [3.8, 4) is 0 Å². The van der Waals surface area contributed by atoms with Crippen LogP contribution in [0.2, 0.25) is 5.28 Å². The fourth-order valence-corrected chi connectivity index (χ4v) is 6.49. The minimum atomic E-state index is -1.27. The Kier molecular flexibility index (Phi) is 10.7. The molecule has 4 unspecified atom stereocenters. The summed E-state index contributed by atoms with van der Waals surface area (Å²) in [6.07, 6.45) is -3.32. The van der Waals surface area contributed by atoms with E-state index in [-0.39, 0.29) is 28.7 Å². The van der Waals surface area contributed by atoms with Crippen LogP contribution in [0.25, 0.3) is 11.2 Å². The molecule has 262 valence electrons. The van der Waals surface area contributed by atoms with Gasteiger partial charge in [-0.1, -0.05) is 66.7 Å². The summed E-state index contributed by atoms with van der Waals surface area (Å²) < 4.78 is 26.9. The summed E-state index contributed by atoms with van der Waals surface area (Å²) in [6.45, 7) is 0.0805. The van der Waals surface area contributed by atoms with Gasteiger partial charge >= 0.3 is 17.9 Å². The van der Waals surface area contributed by atoms with Crippen molar-refractivity contribution in [2.45, 2.75) is 31.1 Å². The number of halogens is 2. The summed E-state index contributed by atoms with van der Waals surface area (Å²) in [5.74, 6) is -1.64. The van der Waals surface area contributed by atoms with Crippen LogP contribution in [0.15, 0.2) is 122 Å². The number of fused-ring (bicyclic) bond motifs is 1. The summed E-state index contributed by atoms with van der Waals surface area (Å²) in [5.41, 5.74) is 2.47. The third-order valence-corrected chi connectivity index (χ3v) is 9.04. The molecule has 0 radical (unpaired) electrons. The third-order valence-electron chi connectivity index (χ3n) is 8.20. The molecule has 12 nitrogen and oxygen atoms in total. The number of imidazole rings is 1. The Labute approximate surface area is 316 Å². The number of anilines is 1. The largest absolute Gasteiger partial charge is 0.459 e. The van der Waals surface area contributed by atoms with E-state index in [1.807, 2.05) is 24.3 Å². The second-order valence-corrected chi connectivity index (χ2v) is 13.2. The minimum Gasteiger partial charge on any atom is -0.459 e. The molecule has 14 heteroatoms. The topological polar surface area (TPSA) is 144 Å². The van der Waals surface area contributed by atoms with Crippen LogP contribution in [0.4, 0.5) is 5.82 Å². The van der Waals surface area contributed by atoms with Gasteiger partial charge in [0.25, 0.3) is 0 Å². The molecule has 0 bridgehead atoms. The molecule has 1 saturated heterocycles. The summed E-state index contributed by atoms with van der Waals surface area (Å²) in [4.78, 5) is 53.6. The number of rotatable bonds is 11. The first kappa shape index (κ1) is 35.0. The summed E-state index contributed by atoms with van der Waals surface area (Å²) in [7, 11) is 0. The molecule has 4 aromatic carbocycles. The molecule has 52 heavy (non-hydrogen) atoms. The van der Waals surface area contributed by atoms with Gasteiger partial charge in [-0.3, -0.25) is 4.57 Å². The molecule has 1 aliphatic heterocycles. The molecule has 4 atom stereocenters. The van der Waals surface area contributed by atoms with E-state index in [0.717, 1.165) is 9.13 Å². The van der Waals surface area contributed by atoms with Gasteiger partial charge in [-0.15, -0.1) is 0 Å². The number of benzene rings is 4. The molecular weight excluding hydrogens is 801 g/mol. The lowest BCUT2D eigenvalue weighted by Crippen LogP contribution is -2.41. The van der Waals surface area contributed by atoms with Crippen molar-refractivity contribution < 1.29 is 33.3 Å². The average Bonchev–Trinajstić information content (AvgIpc) is 3.74. The van der Waals surface area contributed by atoms with Crippen molar-refractivity contribution in [2.75, 3.05) is 11.9 Å². The molecule has 2 aromatic heterocycles. The highest BCUT2D eigenvalue weighted by molar-refractivity contribution is 14.1. The van der Waals surface area contributed by atoms with Crippen molar-refractivity contribution in [3.63, 3.8) is 0 Å². The lowest BCUT2D eigenvalue weighted by atomic mass is 10.1. The zero-order chi connectivity index (χ0) is 36.0. The Hall–Kier alpha value is -5.38. The Morgan fingerprint density at radius 2 is 1.37 bits per heavy atom. The van der Waals surface area contributed by atoms with E-state index in [0.29, 0.717) is 23.4 Å². The van der Waals surface area contributed by atoms with Gasteiger partial charge in [0, 0.05) is 10.1 Å². The second kappa shape index (κ2) is 15.9. The molecule has 6 aromatic rings. The normalized spacial score (nSPS) is 18.1. The van der Waals surface area contributed by atoms with Crippen molar-refractivity contribution >= 4 is 69.1 Å². The number of nitrogens with one attached hydrogen (secondary N) is 1. The summed E-state index contributed by atoms with van der Waals surface area (Å²) >= 11 is 8.69. The molecule has 7 rings (SSSR count). The second-order valence-electron chi connectivity index (χ2n) is 11.7. The third kappa shape index (κ3) is 7.91. The number of carbonyl (C=O) groups excluding carboxylic acids is 3. The van der Waals surface area contributed by atoms with Crippen molar-refractivity contribution in [3.05, 3.63) is 153 Å². The first-order valence-corrected chi connectivity index (χ1v) is 17.6. The van der Waals surface area contributed by atoms with Crippen LogP contribution in [0.3, 0.4) is 0 Å². The fraction of sp³-hybridized carbons (Fsp3) is 0.158. The van der Waals surface area contributed by atoms with Crippen LogP contribution in [0.5, 0.6) is 0 Å². The molecule has 0 saturated carbocycles. The number of ether oxygens (including phenoxy) is 4. The quantitative estimate of drug-likeness (QED) is 0.0631. The Balaban J connectivity index is 1.26. The number of hydrogen-bond acceptors (Lipinski definition) is 11. The molecular formula is C38H29ClIN5O7. The molecule has 0 spiro atoms. The van der Waals surface area contributed by atoms with E-state index in [2.05, 4.69) is 42.9 Å². The zero-order valence-corrected chi connectivity index (χ0v) is 30.1. The fourth-order valence-electron chi connectivity index (χ4n) is 5.71. The highest BCUT2D eigenvalue weighted by Gasteiger charge is 2.52. The van der Waals surface area contributed by atoms with Gasteiger partial charge in [-0.05, 0) is 88.3 Å². The lowest BCUT2D eigenvalue weighted by molar-refractivity contribution is -0.0606. The molecule has 1 aliphatic rings. The van der Waals surface area contributed by atoms with E-state index < -0.39 is 42.4 Å². The molecule has 0 aliphatic carbocycles. The van der Waals surface area contributed by atoms with Gasteiger partial charge in [-0.25, -0.2) is 19.4 Å². The molecule has 0 amide bonds. The van der Waals surface area contributed by atoms with Gasteiger partial charge in [0.2, 0.25) is 5.28 Å². The number of esters is 3. The maximum Gasteiger partial charge on any atom is 0.338 e. The summed E-state index contributed by atoms with van der Waals surface area (Å²) in [5, 5.41) is 3.21. The lowest BCUT2D eigenvalue weighted by Gasteiger charge is -2.25. The van der Waals surface area contributed by atoms with E-state index in [1.54, 1.807) is 91.0 Å². The smallest absolute Gasteiger partial charge is 0.338 e. The monoisotopic (exact) mass is 829 g/mol. The van der Waals surface area contributed by atoms with Crippen LogP contribution in [-0.4, -0.2) is 62.3 Å². The zero-order valence-electron chi connectivity index (χ0n) is 27.2. The summed E-state index contributed by atoms with van der Waals surface area (Å²) in [6, 6.07) is 33.1.